The van der Waals surface area contributed by atoms with Gasteiger partial charge in [0.2, 0.25) is 0 Å². The third-order valence-corrected chi connectivity index (χ3v) is 4.77. The van der Waals surface area contributed by atoms with Gasteiger partial charge in [-0.05, 0) is 30.2 Å². The van der Waals surface area contributed by atoms with Crippen molar-refractivity contribution in [3.63, 3.8) is 0 Å². The lowest BCUT2D eigenvalue weighted by Crippen LogP contribution is -2.12. The smallest absolute Gasteiger partial charge is 0.303 e. The number of benzene rings is 1. The molecule has 136 valence electrons. The zero-order chi connectivity index (χ0) is 18.2. The predicted octanol–water partition coefficient (Wildman–Crippen LogP) is 4.53. The molecule has 1 aromatic carbocycles. The maximum Gasteiger partial charge on any atom is 0.303 e. The summed E-state index contributed by atoms with van der Waals surface area (Å²) in [5.41, 5.74) is 1.84. The van der Waals surface area contributed by atoms with Crippen molar-refractivity contribution in [2.24, 2.45) is 5.92 Å². The van der Waals surface area contributed by atoms with Crippen molar-refractivity contribution >= 4 is 21.9 Å². The highest BCUT2D eigenvalue weighted by molar-refractivity contribution is 9.10. The number of carboxylic acid groups (broad SMARTS) is 1. The molecule has 0 fully saturated rings. The van der Waals surface area contributed by atoms with Crippen LogP contribution in [0.4, 0.5) is 0 Å². The van der Waals surface area contributed by atoms with Gasteiger partial charge in [-0.3, -0.25) is 9.48 Å². The molecule has 0 aliphatic heterocycles. The first-order valence-corrected chi connectivity index (χ1v) is 9.46. The van der Waals surface area contributed by atoms with E-state index in [0.717, 1.165) is 34.3 Å². The summed E-state index contributed by atoms with van der Waals surface area (Å²) in [6.45, 7) is 5.67. The average molecular weight is 409 g/mol. The van der Waals surface area contributed by atoms with Crippen LogP contribution in [0, 0.1) is 5.92 Å². The third-order valence-electron chi connectivity index (χ3n) is 4.28. The maximum absolute atomic E-state index is 10.7. The van der Waals surface area contributed by atoms with Crippen LogP contribution in [-0.2, 0) is 17.8 Å². The van der Waals surface area contributed by atoms with E-state index in [1.807, 2.05) is 35.1 Å². The summed E-state index contributed by atoms with van der Waals surface area (Å²) in [7, 11) is 0. The van der Waals surface area contributed by atoms with E-state index in [9.17, 15) is 4.79 Å². The molecule has 0 unspecified atom stereocenters. The highest BCUT2D eigenvalue weighted by atomic mass is 79.9. The molecule has 1 heterocycles. The molecule has 1 aromatic heterocycles. The molecule has 0 bridgehead atoms. The largest absolute Gasteiger partial charge is 0.493 e. The van der Waals surface area contributed by atoms with Crippen LogP contribution in [0.5, 0.6) is 5.75 Å². The molecule has 0 saturated heterocycles. The van der Waals surface area contributed by atoms with E-state index in [1.54, 1.807) is 0 Å². The standard InChI is InChI=1S/C19H25BrN2O3/c1-3-14(4-2)13-25-18-7-5-16(20)11-15(18)12-22-10-9-17(21-22)6-8-19(23)24/h5,7,9-11,14H,3-4,6,8,12-13H2,1-2H3,(H,23,24). The van der Waals surface area contributed by atoms with Gasteiger partial charge in [0.1, 0.15) is 5.75 Å². The number of rotatable bonds is 10. The molecular weight excluding hydrogens is 384 g/mol. The van der Waals surface area contributed by atoms with E-state index in [1.165, 1.54) is 0 Å². The normalized spacial score (nSPS) is 11.0. The lowest BCUT2D eigenvalue weighted by atomic mass is 10.1. The number of ether oxygens (including phenoxy) is 1. The summed E-state index contributed by atoms with van der Waals surface area (Å²) in [6, 6.07) is 7.87. The van der Waals surface area contributed by atoms with Crippen molar-refractivity contribution in [2.45, 2.75) is 46.1 Å². The maximum atomic E-state index is 10.7. The zero-order valence-corrected chi connectivity index (χ0v) is 16.3. The molecular formula is C19H25BrN2O3. The molecule has 0 amide bonds. The second-order valence-electron chi connectivity index (χ2n) is 6.14. The van der Waals surface area contributed by atoms with E-state index < -0.39 is 5.97 Å². The molecule has 0 radical (unpaired) electrons. The number of halogens is 1. The van der Waals surface area contributed by atoms with Crippen molar-refractivity contribution in [3.8, 4) is 5.75 Å². The number of aromatic nitrogens is 2. The first kappa shape index (κ1) is 19.5. The topological polar surface area (TPSA) is 64.3 Å². The number of hydrogen-bond acceptors (Lipinski definition) is 3. The van der Waals surface area contributed by atoms with Crippen molar-refractivity contribution < 1.29 is 14.6 Å². The van der Waals surface area contributed by atoms with E-state index >= 15 is 0 Å². The van der Waals surface area contributed by atoms with Crippen molar-refractivity contribution in [1.82, 2.24) is 9.78 Å². The Morgan fingerprint density at radius 3 is 2.76 bits per heavy atom. The fourth-order valence-corrected chi connectivity index (χ4v) is 2.99. The number of aryl methyl sites for hydroxylation is 1. The number of hydrogen-bond donors (Lipinski definition) is 1. The van der Waals surface area contributed by atoms with Gasteiger partial charge in [-0.2, -0.15) is 5.10 Å². The lowest BCUT2D eigenvalue weighted by Gasteiger charge is -2.16. The monoisotopic (exact) mass is 408 g/mol. The van der Waals surface area contributed by atoms with Crippen LogP contribution in [0.15, 0.2) is 34.9 Å². The molecule has 2 aromatic rings. The Hall–Kier alpha value is -1.82. The minimum absolute atomic E-state index is 0.0949. The number of aliphatic carboxylic acids is 1. The second kappa shape index (κ2) is 9.61. The Kier molecular flexibility index (Phi) is 7.50. The summed E-state index contributed by atoms with van der Waals surface area (Å²) in [5.74, 6) is 0.625. The highest BCUT2D eigenvalue weighted by Gasteiger charge is 2.10. The van der Waals surface area contributed by atoms with Gasteiger partial charge in [0, 0.05) is 22.7 Å². The summed E-state index contributed by atoms with van der Waals surface area (Å²) >= 11 is 3.51. The number of nitrogens with zero attached hydrogens (tertiary/aromatic N) is 2. The third kappa shape index (κ3) is 6.20. The Morgan fingerprint density at radius 1 is 1.32 bits per heavy atom. The average Bonchev–Trinajstić information content (AvgIpc) is 3.03. The number of carboxylic acids is 1. The quantitative estimate of drug-likeness (QED) is 0.627. The van der Waals surface area contributed by atoms with Gasteiger partial charge in [0.05, 0.1) is 25.3 Å². The van der Waals surface area contributed by atoms with E-state index in [2.05, 4.69) is 34.9 Å². The van der Waals surface area contributed by atoms with Crippen molar-refractivity contribution in [3.05, 3.63) is 46.2 Å². The molecule has 0 atom stereocenters. The Morgan fingerprint density at radius 2 is 2.08 bits per heavy atom. The van der Waals surface area contributed by atoms with Gasteiger partial charge in [0.15, 0.2) is 0 Å². The van der Waals surface area contributed by atoms with Gasteiger partial charge in [-0.1, -0.05) is 42.6 Å². The number of carbonyl (C=O) groups is 1. The summed E-state index contributed by atoms with van der Waals surface area (Å²) in [5, 5.41) is 13.2. The fraction of sp³-hybridized carbons (Fsp3) is 0.474. The van der Waals surface area contributed by atoms with Gasteiger partial charge in [-0.15, -0.1) is 0 Å². The van der Waals surface area contributed by atoms with Gasteiger partial charge >= 0.3 is 5.97 Å². The van der Waals surface area contributed by atoms with E-state index in [-0.39, 0.29) is 6.42 Å². The molecule has 2 rings (SSSR count). The Labute approximate surface area is 157 Å². The second-order valence-corrected chi connectivity index (χ2v) is 7.06. The zero-order valence-electron chi connectivity index (χ0n) is 14.7. The molecule has 0 aliphatic carbocycles. The predicted molar refractivity (Wildman–Crippen MR) is 101 cm³/mol. The molecule has 6 heteroatoms. The molecule has 0 aliphatic rings. The van der Waals surface area contributed by atoms with Crippen LogP contribution in [0.2, 0.25) is 0 Å². The van der Waals surface area contributed by atoms with Gasteiger partial charge in [0.25, 0.3) is 0 Å². The van der Waals surface area contributed by atoms with E-state index in [0.29, 0.717) is 25.5 Å². The van der Waals surface area contributed by atoms with Crippen LogP contribution < -0.4 is 4.74 Å². The van der Waals surface area contributed by atoms with E-state index in [4.69, 9.17) is 9.84 Å². The first-order chi connectivity index (χ1) is 12.0. The SMILES string of the molecule is CCC(CC)COc1ccc(Br)cc1Cn1ccc(CCC(=O)O)n1. The lowest BCUT2D eigenvalue weighted by molar-refractivity contribution is -0.136. The first-order valence-electron chi connectivity index (χ1n) is 8.67. The fourth-order valence-electron chi connectivity index (χ4n) is 2.58. The summed E-state index contributed by atoms with van der Waals surface area (Å²) in [6.07, 6.45) is 4.63. The Bertz CT molecular complexity index is 696. The molecule has 0 spiro atoms. The van der Waals surface area contributed by atoms with Gasteiger partial charge < -0.3 is 9.84 Å². The van der Waals surface area contributed by atoms with Crippen LogP contribution in [0.3, 0.4) is 0 Å². The molecule has 1 N–H and O–H groups in total. The van der Waals surface area contributed by atoms with Crippen molar-refractivity contribution in [1.29, 1.82) is 0 Å². The van der Waals surface area contributed by atoms with Crippen LogP contribution in [-0.4, -0.2) is 27.5 Å². The summed E-state index contributed by atoms with van der Waals surface area (Å²) in [4.78, 5) is 10.7. The van der Waals surface area contributed by atoms with Crippen molar-refractivity contribution in [2.75, 3.05) is 6.61 Å². The van der Waals surface area contributed by atoms with Crippen LogP contribution in [0.25, 0.3) is 0 Å². The van der Waals surface area contributed by atoms with Gasteiger partial charge in [-0.25, -0.2) is 0 Å². The Balaban J connectivity index is 2.07. The highest BCUT2D eigenvalue weighted by Crippen LogP contribution is 2.25. The minimum Gasteiger partial charge on any atom is -0.493 e. The van der Waals surface area contributed by atoms with Crippen LogP contribution >= 0.6 is 15.9 Å². The molecule has 5 nitrogen and oxygen atoms in total. The molecule has 0 saturated carbocycles. The van der Waals surface area contributed by atoms with Crippen LogP contribution in [0.1, 0.15) is 44.4 Å². The minimum atomic E-state index is -0.807. The molecule has 25 heavy (non-hydrogen) atoms. The summed E-state index contributed by atoms with van der Waals surface area (Å²) < 4.78 is 8.87.